The number of anilines is 2. The van der Waals surface area contributed by atoms with Crippen molar-refractivity contribution in [3.63, 3.8) is 0 Å². The molecule has 1 rings (SSSR count). The maximum Gasteiger partial charge on any atom is 0.163 e. The first kappa shape index (κ1) is 8.06. The molecule has 0 aliphatic rings. The molecule has 0 bridgehead atoms. The summed E-state index contributed by atoms with van der Waals surface area (Å²) in [5, 5.41) is 6.15. The minimum atomic E-state index is 0. The first-order valence-electron chi connectivity index (χ1n) is 2.10. The van der Waals surface area contributed by atoms with Crippen molar-refractivity contribution in [3.05, 3.63) is 6.07 Å². The Labute approximate surface area is 58.2 Å². The Balaban J connectivity index is 0.000000640. The molecule has 0 aliphatic carbocycles. The summed E-state index contributed by atoms with van der Waals surface area (Å²) in [7, 11) is 0. The topological polar surface area (TPSA) is 92.7 Å². The summed E-state index contributed by atoms with van der Waals surface area (Å²) >= 11 is 0. The fourth-order valence-corrected chi connectivity index (χ4v) is 0.411. The lowest BCUT2D eigenvalue weighted by atomic mass is 10.6. The molecule has 0 aliphatic heterocycles. The van der Waals surface area contributed by atoms with Gasteiger partial charge in [0, 0.05) is 6.07 Å². The molecule has 6 heteroatoms. The van der Waals surface area contributed by atoms with Gasteiger partial charge in [-0.05, 0) is 0 Å². The number of hydrogen-bond donors (Lipinski definition) is 4. The van der Waals surface area contributed by atoms with Gasteiger partial charge < -0.3 is 11.2 Å². The number of aromatic nitrogens is 2. The van der Waals surface area contributed by atoms with Crippen molar-refractivity contribution in [2.24, 2.45) is 5.84 Å². The van der Waals surface area contributed by atoms with Crippen LogP contribution in [-0.2, 0) is 0 Å². The molecule has 0 atom stereocenters. The standard InChI is InChI=1S/C3H7N5.ClH/c4-2-1-3(6-5)8-7-2;/h1H,5H2,(H4,4,6,7,8);1H. The minimum Gasteiger partial charge on any atom is -0.384 e. The van der Waals surface area contributed by atoms with E-state index in [2.05, 4.69) is 15.6 Å². The lowest BCUT2D eigenvalue weighted by molar-refractivity contribution is 1.08. The number of hydrogen-bond acceptors (Lipinski definition) is 4. The molecule has 1 heterocycles. The zero-order valence-electron chi connectivity index (χ0n) is 4.59. The van der Waals surface area contributed by atoms with E-state index in [1.54, 1.807) is 6.07 Å². The summed E-state index contributed by atoms with van der Waals surface area (Å²) < 4.78 is 0. The van der Waals surface area contributed by atoms with Crippen LogP contribution < -0.4 is 17.0 Å². The van der Waals surface area contributed by atoms with Crippen molar-refractivity contribution >= 4 is 24.0 Å². The Morgan fingerprint density at radius 1 is 1.67 bits per heavy atom. The minimum absolute atomic E-state index is 0. The van der Waals surface area contributed by atoms with Crippen molar-refractivity contribution in [1.82, 2.24) is 10.2 Å². The van der Waals surface area contributed by atoms with E-state index in [1.807, 2.05) is 0 Å². The van der Waals surface area contributed by atoms with Gasteiger partial charge in [0.05, 0.1) is 0 Å². The highest BCUT2D eigenvalue weighted by Gasteiger charge is 1.90. The third-order valence-corrected chi connectivity index (χ3v) is 0.746. The molecule has 0 amide bonds. The number of hydrazine groups is 1. The number of aromatic amines is 1. The van der Waals surface area contributed by atoms with Crippen LogP contribution in [0.25, 0.3) is 0 Å². The van der Waals surface area contributed by atoms with E-state index in [1.165, 1.54) is 0 Å². The van der Waals surface area contributed by atoms with Crippen LogP contribution in [0.1, 0.15) is 0 Å². The van der Waals surface area contributed by atoms with E-state index in [4.69, 9.17) is 11.6 Å². The van der Waals surface area contributed by atoms with Crippen LogP contribution in [0, 0.1) is 0 Å². The van der Waals surface area contributed by atoms with Crippen LogP contribution in [0.15, 0.2) is 6.07 Å². The number of nitrogens with zero attached hydrogens (tertiary/aromatic N) is 1. The quantitative estimate of drug-likeness (QED) is 0.326. The monoisotopic (exact) mass is 149 g/mol. The number of nitrogens with two attached hydrogens (primary N) is 2. The normalized spacial score (nSPS) is 8.11. The van der Waals surface area contributed by atoms with E-state index in [-0.39, 0.29) is 12.4 Å². The molecule has 52 valence electrons. The van der Waals surface area contributed by atoms with Gasteiger partial charge in [-0.3, -0.25) is 5.10 Å². The Morgan fingerprint density at radius 3 is 2.56 bits per heavy atom. The molecule has 1 aromatic heterocycles. The number of nitrogens with one attached hydrogen (secondary N) is 2. The number of rotatable bonds is 1. The SMILES string of the molecule is Cl.NNc1cc(N)[nH]n1. The number of H-pyrrole nitrogens is 1. The lowest BCUT2D eigenvalue weighted by Gasteiger charge is -1.84. The van der Waals surface area contributed by atoms with Crippen LogP contribution in [0.5, 0.6) is 0 Å². The average Bonchev–Trinajstić information content (AvgIpc) is 2.14. The first-order chi connectivity index (χ1) is 3.83. The number of halogens is 1. The van der Waals surface area contributed by atoms with Gasteiger partial charge in [0.1, 0.15) is 5.82 Å². The summed E-state index contributed by atoms with van der Waals surface area (Å²) in [6.45, 7) is 0. The summed E-state index contributed by atoms with van der Waals surface area (Å²) in [6, 6.07) is 1.60. The van der Waals surface area contributed by atoms with Crippen molar-refractivity contribution in [2.45, 2.75) is 0 Å². The molecular formula is C3H8ClN5. The fraction of sp³-hybridized carbons (Fsp3) is 0. The highest BCUT2D eigenvalue weighted by molar-refractivity contribution is 5.85. The van der Waals surface area contributed by atoms with Crippen LogP contribution >= 0.6 is 12.4 Å². The molecule has 0 saturated heterocycles. The van der Waals surface area contributed by atoms with E-state index in [0.717, 1.165) is 0 Å². The Morgan fingerprint density at radius 2 is 2.33 bits per heavy atom. The van der Waals surface area contributed by atoms with Crippen molar-refractivity contribution in [3.8, 4) is 0 Å². The fourth-order valence-electron chi connectivity index (χ4n) is 0.411. The second-order valence-corrected chi connectivity index (χ2v) is 1.35. The van der Waals surface area contributed by atoms with Gasteiger partial charge >= 0.3 is 0 Å². The third kappa shape index (κ3) is 1.79. The van der Waals surface area contributed by atoms with Crippen molar-refractivity contribution in [1.29, 1.82) is 0 Å². The van der Waals surface area contributed by atoms with Gasteiger partial charge in [0.25, 0.3) is 0 Å². The van der Waals surface area contributed by atoms with E-state index < -0.39 is 0 Å². The van der Waals surface area contributed by atoms with Gasteiger partial charge in [0.2, 0.25) is 0 Å². The molecule has 6 N–H and O–H groups in total. The van der Waals surface area contributed by atoms with Gasteiger partial charge in [-0.2, -0.15) is 5.10 Å². The Bertz CT molecular complexity index is 172. The summed E-state index contributed by atoms with van der Waals surface area (Å²) in [5.74, 6) is 6.02. The molecule has 5 nitrogen and oxygen atoms in total. The van der Waals surface area contributed by atoms with Gasteiger partial charge in [-0.25, -0.2) is 5.84 Å². The highest BCUT2D eigenvalue weighted by Crippen LogP contribution is 2.02. The average molecular weight is 150 g/mol. The summed E-state index contributed by atoms with van der Waals surface area (Å²) in [4.78, 5) is 0. The third-order valence-electron chi connectivity index (χ3n) is 0.746. The molecule has 0 unspecified atom stereocenters. The zero-order valence-corrected chi connectivity index (χ0v) is 5.40. The molecule has 0 spiro atoms. The lowest BCUT2D eigenvalue weighted by Crippen LogP contribution is -2.06. The van der Waals surface area contributed by atoms with Gasteiger partial charge in [-0.15, -0.1) is 12.4 Å². The maximum absolute atomic E-state index is 5.24. The van der Waals surface area contributed by atoms with E-state index in [0.29, 0.717) is 11.6 Å². The zero-order chi connectivity index (χ0) is 5.98. The van der Waals surface area contributed by atoms with Crippen LogP contribution in [0.3, 0.4) is 0 Å². The number of nitrogen functional groups attached to an aromatic ring is 2. The van der Waals surface area contributed by atoms with Crippen LogP contribution in [0.4, 0.5) is 11.6 Å². The van der Waals surface area contributed by atoms with Gasteiger partial charge in [0.15, 0.2) is 5.82 Å². The molecule has 0 fully saturated rings. The predicted octanol–water partition coefficient (Wildman–Crippen LogP) is -0.301. The molecule has 1 aromatic rings. The van der Waals surface area contributed by atoms with Crippen LogP contribution in [0.2, 0.25) is 0 Å². The van der Waals surface area contributed by atoms with Crippen molar-refractivity contribution in [2.75, 3.05) is 11.2 Å². The van der Waals surface area contributed by atoms with Gasteiger partial charge in [-0.1, -0.05) is 0 Å². The molecule has 0 saturated carbocycles. The Kier molecular flexibility index (Phi) is 2.83. The molecule has 0 aromatic carbocycles. The molecule has 9 heavy (non-hydrogen) atoms. The van der Waals surface area contributed by atoms with E-state index in [9.17, 15) is 0 Å². The highest BCUT2D eigenvalue weighted by atomic mass is 35.5. The largest absolute Gasteiger partial charge is 0.384 e. The molecule has 0 radical (unpaired) electrons. The molecular weight excluding hydrogens is 142 g/mol. The predicted molar refractivity (Wildman–Crippen MR) is 38.1 cm³/mol. The van der Waals surface area contributed by atoms with Crippen molar-refractivity contribution < 1.29 is 0 Å². The second kappa shape index (κ2) is 3.16. The first-order valence-corrected chi connectivity index (χ1v) is 2.10. The van der Waals surface area contributed by atoms with E-state index >= 15 is 0 Å². The van der Waals surface area contributed by atoms with Crippen LogP contribution in [-0.4, -0.2) is 10.2 Å². The Hall–Kier alpha value is -0.940. The second-order valence-electron chi connectivity index (χ2n) is 1.35. The maximum atomic E-state index is 5.24. The summed E-state index contributed by atoms with van der Waals surface area (Å²) in [5.41, 5.74) is 7.57. The smallest absolute Gasteiger partial charge is 0.163 e. The summed E-state index contributed by atoms with van der Waals surface area (Å²) in [6.07, 6.45) is 0.